The number of carbonyl (C=O) groups excluding carboxylic acids is 1. The van der Waals surface area contributed by atoms with Crippen LogP contribution in [0.4, 0.5) is 4.39 Å². The number of para-hydroxylation sites is 1. The van der Waals surface area contributed by atoms with Crippen molar-refractivity contribution in [2.75, 3.05) is 13.7 Å². The van der Waals surface area contributed by atoms with Crippen LogP contribution in [-0.4, -0.2) is 41.6 Å². The fraction of sp³-hybridized carbons (Fsp3) is 0.273. The standard InChI is InChI=1S/C11H10FNO4/c1-13-8(11(15)16)5-17-9-6(10(13)14)3-2-4-7(9)12/h2-4,8H,5H2,1H3,(H,15,16). The van der Waals surface area contributed by atoms with Gasteiger partial charge in [0.1, 0.15) is 6.61 Å². The third-order valence-electron chi connectivity index (χ3n) is 2.66. The smallest absolute Gasteiger partial charge is 0.330 e. The third-order valence-corrected chi connectivity index (χ3v) is 2.66. The highest BCUT2D eigenvalue weighted by Gasteiger charge is 2.33. The van der Waals surface area contributed by atoms with Crippen LogP contribution in [0.25, 0.3) is 0 Å². The van der Waals surface area contributed by atoms with Gasteiger partial charge in [-0.1, -0.05) is 6.07 Å². The third kappa shape index (κ3) is 1.82. The Balaban J connectivity index is 2.48. The molecule has 0 radical (unpaired) electrons. The number of benzene rings is 1. The molecule has 1 atom stereocenters. The minimum Gasteiger partial charge on any atom is -0.487 e. The summed E-state index contributed by atoms with van der Waals surface area (Å²) in [6, 6.07) is 2.83. The molecule has 1 amide bonds. The maximum Gasteiger partial charge on any atom is 0.330 e. The Bertz CT molecular complexity index is 488. The van der Waals surface area contributed by atoms with Crippen molar-refractivity contribution in [3.05, 3.63) is 29.6 Å². The Morgan fingerprint density at radius 1 is 1.59 bits per heavy atom. The number of nitrogens with zero attached hydrogens (tertiary/aromatic N) is 1. The molecule has 1 N–H and O–H groups in total. The summed E-state index contributed by atoms with van der Waals surface area (Å²) in [5, 5.41) is 8.93. The normalized spacial score (nSPS) is 19.3. The average molecular weight is 239 g/mol. The summed E-state index contributed by atoms with van der Waals surface area (Å²) in [5.41, 5.74) is 0.0382. The van der Waals surface area contributed by atoms with Crippen LogP contribution in [0.2, 0.25) is 0 Å². The second kappa shape index (κ2) is 4.04. The molecule has 1 unspecified atom stereocenters. The van der Waals surface area contributed by atoms with E-state index in [1.807, 2.05) is 0 Å². The zero-order valence-electron chi connectivity index (χ0n) is 9.01. The van der Waals surface area contributed by atoms with E-state index in [0.29, 0.717) is 0 Å². The first-order chi connectivity index (χ1) is 8.02. The molecule has 1 aliphatic rings. The largest absolute Gasteiger partial charge is 0.487 e. The molecule has 0 saturated heterocycles. The number of ether oxygens (including phenoxy) is 1. The van der Waals surface area contributed by atoms with Gasteiger partial charge in [0.05, 0.1) is 5.56 Å². The lowest BCUT2D eigenvalue weighted by atomic mass is 10.1. The topological polar surface area (TPSA) is 66.8 Å². The van der Waals surface area contributed by atoms with Crippen LogP contribution in [-0.2, 0) is 4.79 Å². The van der Waals surface area contributed by atoms with E-state index in [9.17, 15) is 14.0 Å². The highest BCUT2D eigenvalue weighted by molar-refractivity contribution is 5.99. The molecule has 2 rings (SSSR count). The van der Waals surface area contributed by atoms with Crippen molar-refractivity contribution in [3.63, 3.8) is 0 Å². The molecule has 6 heteroatoms. The molecule has 0 spiro atoms. The fourth-order valence-corrected chi connectivity index (χ4v) is 1.67. The van der Waals surface area contributed by atoms with E-state index in [4.69, 9.17) is 9.84 Å². The van der Waals surface area contributed by atoms with Gasteiger partial charge < -0.3 is 14.7 Å². The second-order valence-corrected chi connectivity index (χ2v) is 3.70. The minimum atomic E-state index is -1.19. The quantitative estimate of drug-likeness (QED) is 0.785. The number of hydrogen-bond acceptors (Lipinski definition) is 3. The first-order valence-electron chi connectivity index (χ1n) is 4.93. The SMILES string of the molecule is CN1C(=O)c2cccc(F)c2OCC1C(=O)O. The summed E-state index contributed by atoms with van der Waals surface area (Å²) >= 11 is 0. The predicted octanol–water partition coefficient (Wildman–Crippen LogP) is 0.743. The van der Waals surface area contributed by atoms with E-state index in [1.54, 1.807) is 0 Å². The van der Waals surface area contributed by atoms with Crippen molar-refractivity contribution in [2.24, 2.45) is 0 Å². The van der Waals surface area contributed by atoms with Gasteiger partial charge in [0.15, 0.2) is 17.6 Å². The number of carboxylic acid groups (broad SMARTS) is 1. The van der Waals surface area contributed by atoms with Gasteiger partial charge in [0.2, 0.25) is 0 Å². The summed E-state index contributed by atoms with van der Waals surface area (Å²) in [4.78, 5) is 23.9. The highest BCUT2D eigenvalue weighted by atomic mass is 19.1. The predicted molar refractivity (Wildman–Crippen MR) is 55.4 cm³/mol. The molecule has 0 aliphatic carbocycles. The molecule has 0 aromatic heterocycles. The Morgan fingerprint density at radius 2 is 2.29 bits per heavy atom. The first-order valence-corrected chi connectivity index (χ1v) is 4.93. The maximum absolute atomic E-state index is 13.4. The van der Waals surface area contributed by atoms with Crippen LogP contribution in [0.1, 0.15) is 10.4 Å². The number of rotatable bonds is 1. The van der Waals surface area contributed by atoms with Gasteiger partial charge >= 0.3 is 5.97 Å². The number of halogens is 1. The number of carbonyl (C=O) groups is 2. The number of fused-ring (bicyclic) bond motifs is 1. The summed E-state index contributed by atoms with van der Waals surface area (Å²) < 4.78 is 18.5. The van der Waals surface area contributed by atoms with Gasteiger partial charge in [-0.15, -0.1) is 0 Å². The van der Waals surface area contributed by atoms with E-state index >= 15 is 0 Å². The van der Waals surface area contributed by atoms with Gasteiger partial charge in [0, 0.05) is 7.05 Å². The number of carboxylic acids is 1. The van der Waals surface area contributed by atoms with E-state index in [2.05, 4.69) is 0 Å². The zero-order valence-corrected chi connectivity index (χ0v) is 9.01. The molecule has 1 aromatic carbocycles. The van der Waals surface area contributed by atoms with Crippen LogP contribution < -0.4 is 4.74 Å². The second-order valence-electron chi connectivity index (χ2n) is 3.70. The molecule has 1 aromatic rings. The van der Waals surface area contributed by atoms with Crippen LogP contribution >= 0.6 is 0 Å². The van der Waals surface area contributed by atoms with Crippen LogP contribution in [0.15, 0.2) is 18.2 Å². The van der Waals surface area contributed by atoms with E-state index in [-0.39, 0.29) is 17.9 Å². The van der Waals surface area contributed by atoms with Gasteiger partial charge in [-0.2, -0.15) is 0 Å². The molecule has 90 valence electrons. The first kappa shape index (κ1) is 11.4. The summed E-state index contributed by atoms with van der Waals surface area (Å²) in [6.07, 6.45) is 0. The van der Waals surface area contributed by atoms with Gasteiger partial charge in [0.25, 0.3) is 5.91 Å². The Kier molecular flexibility index (Phi) is 2.71. The molecular weight excluding hydrogens is 229 g/mol. The van der Waals surface area contributed by atoms with Crippen molar-refractivity contribution >= 4 is 11.9 Å². The van der Waals surface area contributed by atoms with Crippen molar-refractivity contribution in [2.45, 2.75) is 6.04 Å². The summed E-state index contributed by atoms with van der Waals surface area (Å²) in [6.45, 7) is -0.272. The van der Waals surface area contributed by atoms with Gasteiger partial charge in [-0.3, -0.25) is 4.79 Å². The number of aliphatic carboxylic acids is 1. The highest BCUT2D eigenvalue weighted by Crippen LogP contribution is 2.27. The minimum absolute atomic E-state index is 0.0382. The van der Waals surface area contributed by atoms with Crippen molar-refractivity contribution in [3.8, 4) is 5.75 Å². The van der Waals surface area contributed by atoms with Crippen LogP contribution in [0, 0.1) is 5.82 Å². The number of amides is 1. The summed E-state index contributed by atoms with van der Waals surface area (Å²) in [7, 11) is 1.35. The van der Waals surface area contributed by atoms with Crippen LogP contribution in [0.5, 0.6) is 5.75 Å². The van der Waals surface area contributed by atoms with Crippen molar-refractivity contribution < 1.29 is 23.8 Å². The summed E-state index contributed by atoms with van der Waals surface area (Å²) in [5.74, 6) is -2.61. The Labute approximate surface area is 96.4 Å². The van der Waals surface area contributed by atoms with Gasteiger partial charge in [-0.25, -0.2) is 9.18 Å². The molecule has 0 saturated carbocycles. The fourth-order valence-electron chi connectivity index (χ4n) is 1.67. The zero-order chi connectivity index (χ0) is 12.6. The number of likely N-dealkylation sites (N-methyl/N-ethyl adjacent to an activating group) is 1. The van der Waals surface area contributed by atoms with E-state index in [1.165, 1.54) is 19.2 Å². The Hall–Kier alpha value is -2.11. The molecule has 17 heavy (non-hydrogen) atoms. The molecule has 1 heterocycles. The van der Waals surface area contributed by atoms with Crippen molar-refractivity contribution in [1.82, 2.24) is 4.90 Å². The molecule has 1 aliphatic heterocycles. The number of hydrogen-bond donors (Lipinski definition) is 1. The van der Waals surface area contributed by atoms with E-state index < -0.39 is 23.7 Å². The Morgan fingerprint density at radius 3 is 2.94 bits per heavy atom. The van der Waals surface area contributed by atoms with Crippen molar-refractivity contribution in [1.29, 1.82) is 0 Å². The molecular formula is C11H10FNO4. The average Bonchev–Trinajstić information content (AvgIpc) is 2.40. The lowest BCUT2D eigenvalue weighted by molar-refractivity contribution is -0.142. The molecule has 0 bridgehead atoms. The van der Waals surface area contributed by atoms with Gasteiger partial charge in [-0.05, 0) is 12.1 Å². The maximum atomic E-state index is 13.4. The lowest BCUT2D eigenvalue weighted by Gasteiger charge is -2.20. The molecule has 5 nitrogen and oxygen atoms in total. The van der Waals surface area contributed by atoms with Crippen LogP contribution in [0.3, 0.4) is 0 Å². The lowest BCUT2D eigenvalue weighted by Crippen LogP contribution is -2.44. The monoisotopic (exact) mass is 239 g/mol. The van der Waals surface area contributed by atoms with E-state index in [0.717, 1.165) is 11.0 Å². The molecule has 0 fully saturated rings.